The van der Waals surface area contributed by atoms with Gasteiger partial charge in [0.2, 0.25) is 0 Å². The largest absolute Gasteiger partial charge is 0.458 e. The van der Waals surface area contributed by atoms with Crippen LogP contribution in [0.2, 0.25) is 0 Å². The van der Waals surface area contributed by atoms with Crippen LogP contribution in [0.15, 0.2) is 164 Å². The Hall–Kier alpha value is -5.80. The lowest BCUT2D eigenvalue weighted by Crippen LogP contribution is -2.57. The molecule has 2 nitrogen and oxygen atoms in total. The van der Waals surface area contributed by atoms with E-state index in [-0.39, 0.29) is 17.5 Å². The molecular weight excluding hydrogens is 655 g/mol. The summed E-state index contributed by atoms with van der Waals surface area (Å²) < 4.78 is 13.8. The highest BCUT2D eigenvalue weighted by molar-refractivity contribution is 6.98. The molecule has 9 rings (SSSR count). The number of fused-ring (bicyclic) bond motifs is 4. The van der Waals surface area contributed by atoms with Gasteiger partial charge in [0.05, 0.1) is 5.41 Å². The van der Waals surface area contributed by atoms with Crippen LogP contribution >= 0.6 is 0 Å². The molecule has 0 radical (unpaired) electrons. The van der Waals surface area contributed by atoms with Crippen molar-refractivity contribution in [3.63, 3.8) is 0 Å². The third-order valence-corrected chi connectivity index (χ3v) is 11.5. The number of hydrogen-bond donors (Lipinski definition) is 0. The zero-order chi connectivity index (χ0) is 37.2. The molecule has 0 aliphatic carbocycles. The molecule has 0 aromatic heterocycles. The first-order valence-electron chi connectivity index (χ1n) is 19.1. The highest BCUT2D eigenvalue weighted by atomic mass is 16.5. The molecule has 0 unspecified atom stereocenters. The van der Waals surface area contributed by atoms with Gasteiger partial charge >= 0.3 is 0 Å². The molecule has 0 N–H and O–H groups in total. The summed E-state index contributed by atoms with van der Waals surface area (Å²) in [7, 11) is 0. The molecule has 3 heteroatoms. The van der Waals surface area contributed by atoms with Gasteiger partial charge in [-0.3, -0.25) is 0 Å². The van der Waals surface area contributed by atoms with Crippen molar-refractivity contribution in [1.29, 1.82) is 0 Å². The standard InChI is InChI=1S/C51H45BO2/c1-49(2,3)39-25-27-44-42(32-39)52-43-33-40(50(4,5)6)26-28-45(43)54-47-31-35(30-46(53-44)48(47)52)34-17-16-24-41(29-34)51(36-18-10-7-11-19-36,37-20-12-8-13-21-37)38-22-14-9-15-23-38/h7-33H,1-6H3. The Morgan fingerprint density at radius 3 is 1.20 bits per heavy atom. The van der Waals surface area contributed by atoms with E-state index in [2.05, 4.69) is 205 Å². The van der Waals surface area contributed by atoms with Gasteiger partial charge < -0.3 is 9.47 Å². The highest BCUT2D eigenvalue weighted by Gasteiger charge is 2.42. The Bertz CT molecular complexity index is 2320. The quantitative estimate of drug-likeness (QED) is 0.131. The Kier molecular flexibility index (Phi) is 7.97. The first-order chi connectivity index (χ1) is 26.0. The summed E-state index contributed by atoms with van der Waals surface area (Å²) in [6.07, 6.45) is 0. The SMILES string of the molecule is CC(C)(C)c1ccc2c(c1)B1c3cc(C(C)(C)C)ccc3Oc3cc(-c4cccc(C(c5ccccc5)(c5ccccc5)c5ccccc5)c4)cc(c31)O2. The summed E-state index contributed by atoms with van der Waals surface area (Å²) in [5, 5.41) is 0. The van der Waals surface area contributed by atoms with E-state index in [1.165, 1.54) is 44.3 Å². The minimum absolute atomic E-state index is 0.00272. The minimum atomic E-state index is -0.548. The summed E-state index contributed by atoms with van der Waals surface area (Å²) in [6.45, 7) is 13.6. The van der Waals surface area contributed by atoms with Gasteiger partial charge in [-0.2, -0.15) is 0 Å². The third-order valence-electron chi connectivity index (χ3n) is 11.5. The molecule has 2 aliphatic heterocycles. The van der Waals surface area contributed by atoms with Crippen molar-refractivity contribution in [1.82, 2.24) is 0 Å². The number of hydrogen-bond acceptors (Lipinski definition) is 2. The van der Waals surface area contributed by atoms with Gasteiger partial charge in [0.1, 0.15) is 23.0 Å². The summed E-state index contributed by atoms with van der Waals surface area (Å²) in [5.41, 5.74) is 12.5. The van der Waals surface area contributed by atoms with Crippen LogP contribution in [0.4, 0.5) is 0 Å². The monoisotopic (exact) mass is 700 g/mol. The summed E-state index contributed by atoms with van der Waals surface area (Å²) in [5.74, 6) is 3.51. The fourth-order valence-electron chi connectivity index (χ4n) is 8.60. The van der Waals surface area contributed by atoms with E-state index in [1.807, 2.05) is 0 Å². The number of rotatable bonds is 5. The topological polar surface area (TPSA) is 18.5 Å². The average molecular weight is 701 g/mol. The first kappa shape index (κ1) is 34.0. The fourth-order valence-corrected chi connectivity index (χ4v) is 8.60. The van der Waals surface area contributed by atoms with Crippen LogP contribution in [0.1, 0.15) is 74.9 Å². The zero-order valence-corrected chi connectivity index (χ0v) is 32.0. The minimum Gasteiger partial charge on any atom is -0.458 e. The van der Waals surface area contributed by atoms with Crippen molar-refractivity contribution in [2.45, 2.75) is 57.8 Å². The summed E-state index contributed by atoms with van der Waals surface area (Å²) in [6, 6.07) is 59.6. The molecule has 0 amide bonds. The van der Waals surface area contributed by atoms with E-state index in [4.69, 9.17) is 9.47 Å². The van der Waals surface area contributed by atoms with E-state index < -0.39 is 5.41 Å². The number of benzene rings is 7. The normalized spacial score (nSPS) is 13.3. The highest BCUT2D eigenvalue weighted by Crippen LogP contribution is 2.47. The lowest BCUT2D eigenvalue weighted by Gasteiger charge is -2.37. The Labute approximate surface area is 320 Å². The van der Waals surface area contributed by atoms with Gasteiger partial charge in [0.25, 0.3) is 6.71 Å². The zero-order valence-electron chi connectivity index (χ0n) is 32.0. The molecule has 0 saturated carbocycles. The van der Waals surface area contributed by atoms with Gasteiger partial charge in [0, 0.05) is 5.46 Å². The summed E-state index contributed by atoms with van der Waals surface area (Å²) >= 11 is 0. The Morgan fingerprint density at radius 2 is 0.778 bits per heavy atom. The molecule has 7 aromatic carbocycles. The van der Waals surface area contributed by atoms with Gasteiger partial charge in [-0.05, 0) is 96.6 Å². The fraction of sp³-hybridized carbons (Fsp3) is 0.176. The van der Waals surface area contributed by atoms with Crippen LogP contribution in [0.3, 0.4) is 0 Å². The van der Waals surface area contributed by atoms with Gasteiger partial charge in [0.15, 0.2) is 0 Å². The van der Waals surface area contributed by atoms with Gasteiger partial charge in [-0.1, -0.05) is 175 Å². The second kappa shape index (κ2) is 12.7. The molecule has 0 spiro atoms. The van der Waals surface area contributed by atoms with Crippen molar-refractivity contribution < 1.29 is 9.47 Å². The van der Waals surface area contributed by atoms with E-state index >= 15 is 0 Å². The maximum Gasteiger partial charge on any atom is 0.260 e. The molecule has 0 saturated heterocycles. The maximum absolute atomic E-state index is 6.89. The molecule has 0 fully saturated rings. The predicted molar refractivity (Wildman–Crippen MR) is 225 cm³/mol. The molecular formula is C51H45BO2. The lowest BCUT2D eigenvalue weighted by atomic mass is 9.34. The average Bonchev–Trinajstić information content (AvgIpc) is 3.18. The van der Waals surface area contributed by atoms with Crippen molar-refractivity contribution in [3.8, 4) is 34.1 Å². The van der Waals surface area contributed by atoms with Crippen LogP contribution in [0.5, 0.6) is 23.0 Å². The predicted octanol–water partition coefficient (Wildman–Crippen LogP) is 11.1. The summed E-state index contributed by atoms with van der Waals surface area (Å²) in [4.78, 5) is 0. The molecule has 54 heavy (non-hydrogen) atoms. The van der Waals surface area contributed by atoms with Crippen LogP contribution < -0.4 is 25.9 Å². The maximum atomic E-state index is 6.89. The smallest absolute Gasteiger partial charge is 0.260 e. The number of ether oxygens (including phenoxy) is 2. The van der Waals surface area contributed by atoms with Crippen molar-refractivity contribution in [2.24, 2.45) is 0 Å². The van der Waals surface area contributed by atoms with Crippen molar-refractivity contribution >= 4 is 23.1 Å². The Morgan fingerprint density at radius 1 is 0.352 bits per heavy atom. The van der Waals surface area contributed by atoms with Gasteiger partial charge in [-0.25, -0.2) is 0 Å². The van der Waals surface area contributed by atoms with E-state index in [0.717, 1.165) is 39.6 Å². The first-order valence-corrected chi connectivity index (χ1v) is 19.1. The van der Waals surface area contributed by atoms with E-state index in [1.54, 1.807) is 0 Å². The van der Waals surface area contributed by atoms with E-state index in [0.29, 0.717) is 0 Å². The van der Waals surface area contributed by atoms with Crippen molar-refractivity contribution in [3.05, 3.63) is 197 Å². The molecule has 264 valence electrons. The molecule has 2 heterocycles. The van der Waals surface area contributed by atoms with Crippen molar-refractivity contribution in [2.75, 3.05) is 0 Å². The van der Waals surface area contributed by atoms with Crippen LogP contribution in [-0.4, -0.2) is 6.71 Å². The third kappa shape index (κ3) is 5.57. The van der Waals surface area contributed by atoms with Gasteiger partial charge in [-0.15, -0.1) is 0 Å². The second-order valence-corrected chi connectivity index (χ2v) is 17.0. The molecule has 0 atom stereocenters. The Balaban J connectivity index is 1.25. The lowest BCUT2D eigenvalue weighted by molar-refractivity contribution is 0.464. The second-order valence-electron chi connectivity index (χ2n) is 17.0. The van der Waals surface area contributed by atoms with Crippen LogP contribution in [0.25, 0.3) is 11.1 Å². The molecule has 0 bridgehead atoms. The van der Waals surface area contributed by atoms with E-state index in [9.17, 15) is 0 Å². The van der Waals surface area contributed by atoms with Crippen LogP contribution in [-0.2, 0) is 16.2 Å². The van der Waals surface area contributed by atoms with Crippen LogP contribution in [0, 0.1) is 0 Å². The molecule has 2 aliphatic rings. The molecule has 7 aromatic rings.